The summed E-state index contributed by atoms with van der Waals surface area (Å²) in [6.07, 6.45) is 2.85. The highest BCUT2D eigenvalue weighted by molar-refractivity contribution is 7.93. The number of benzene rings is 3. The summed E-state index contributed by atoms with van der Waals surface area (Å²) in [5.41, 5.74) is 3.90. The van der Waals surface area contributed by atoms with E-state index >= 15 is 0 Å². The molecule has 0 unspecified atom stereocenters. The minimum Gasteiger partial charge on any atom is -0.495 e. The lowest BCUT2D eigenvalue weighted by Gasteiger charge is -2.17. The van der Waals surface area contributed by atoms with Crippen molar-refractivity contribution >= 4 is 38.9 Å². The monoisotopic (exact) mass is 643 g/mol. The minimum atomic E-state index is -3.10. The lowest BCUT2D eigenvalue weighted by molar-refractivity contribution is -0.117. The molecule has 0 radical (unpaired) electrons. The SMILES string of the molecule is COc1cc([S@@](C)(=O)=NC(=O)OC(C)(C)C)ccc1Nc1nc2ccc(-c3ccc(CC(=O)Cc4ccc(F)cc4)cc3)cn2n1. The molecule has 46 heavy (non-hydrogen) atoms. The lowest BCUT2D eigenvalue weighted by atomic mass is 10.0. The van der Waals surface area contributed by atoms with Gasteiger partial charge in [0.15, 0.2) is 5.65 Å². The highest BCUT2D eigenvalue weighted by atomic mass is 32.2. The molecule has 0 aliphatic heterocycles. The van der Waals surface area contributed by atoms with Gasteiger partial charge in [0, 0.05) is 30.9 Å². The van der Waals surface area contributed by atoms with E-state index in [9.17, 15) is 18.2 Å². The number of Topliss-reactive ketones (excluding diaryl/α,β-unsaturated/α-hetero) is 1. The number of ketones is 1. The normalized spacial score (nSPS) is 12.7. The van der Waals surface area contributed by atoms with Gasteiger partial charge in [-0.2, -0.15) is 4.98 Å². The summed E-state index contributed by atoms with van der Waals surface area (Å²) in [7, 11) is -1.62. The third kappa shape index (κ3) is 8.13. The Morgan fingerprint density at radius 1 is 0.935 bits per heavy atom. The second-order valence-corrected chi connectivity index (χ2v) is 14.0. The van der Waals surface area contributed by atoms with Crippen LogP contribution in [0.1, 0.15) is 31.9 Å². The van der Waals surface area contributed by atoms with E-state index in [1.165, 1.54) is 25.5 Å². The van der Waals surface area contributed by atoms with Crippen LogP contribution in [0.2, 0.25) is 0 Å². The standard InChI is InChI=1S/C34H34FN5O5S/c1-34(2,3)45-33(42)39-46(5,43)28-15-16-29(30(20-28)44-4)36-32-37-31-17-12-25(21-40(31)38-32)24-10-6-22(7-11-24)18-27(41)19-23-8-13-26(35)14-9-23/h6-17,20-21H,18-19H2,1-5H3,(H,36,38)/t46-/m1/s1. The van der Waals surface area contributed by atoms with Crippen LogP contribution >= 0.6 is 0 Å². The van der Waals surface area contributed by atoms with Gasteiger partial charge in [0.05, 0.1) is 27.4 Å². The number of methoxy groups -OCH3 is 1. The van der Waals surface area contributed by atoms with Gasteiger partial charge in [-0.25, -0.2) is 17.9 Å². The number of hydrogen-bond donors (Lipinski definition) is 1. The molecule has 5 aromatic rings. The van der Waals surface area contributed by atoms with Crippen molar-refractivity contribution in [1.29, 1.82) is 0 Å². The van der Waals surface area contributed by atoms with Crippen LogP contribution in [-0.2, 0) is 32.1 Å². The van der Waals surface area contributed by atoms with Crippen molar-refractivity contribution in [2.75, 3.05) is 18.7 Å². The maximum Gasteiger partial charge on any atom is 0.442 e. The molecule has 2 aromatic heterocycles. The molecule has 0 fully saturated rings. The van der Waals surface area contributed by atoms with Crippen LogP contribution in [0.3, 0.4) is 0 Å². The molecule has 2 heterocycles. The number of nitrogens with zero attached hydrogens (tertiary/aromatic N) is 4. The first-order valence-corrected chi connectivity index (χ1v) is 16.3. The zero-order chi connectivity index (χ0) is 33.1. The molecule has 0 aliphatic rings. The minimum absolute atomic E-state index is 0.0498. The van der Waals surface area contributed by atoms with E-state index in [-0.39, 0.29) is 24.4 Å². The van der Waals surface area contributed by atoms with Gasteiger partial charge in [-0.05, 0) is 79.9 Å². The van der Waals surface area contributed by atoms with Crippen molar-refractivity contribution < 1.29 is 27.7 Å². The summed E-state index contributed by atoms with van der Waals surface area (Å²) in [5, 5.41) is 7.69. The Kier molecular flexibility index (Phi) is 9.19. The van der Waals surface area contributed by atoms with Crippen LogP contribution in [0.15, 0.2) is 94.3 Å². The lowest BCUT2D eigenvalue weighted by Crippen LogP contribution is -2.22. The van der Waals surface area contributed by atoms with Crippen molar-refractivity contribution in [1.82, 2.24) is 14.6 Å². The molecule has 0 saturated heterocycles. The van der Waals surface area contributed by atoms with Gasteiger partial charge in [-0.3, -0.25) is 4.79 Å². The molecule has 0 spiro atoms. The summed E-state index contributed by atoms with van der Waals surface area (Å²) in [4.78, 5) is 29.5. The zero-order valence-corrected chi connectivity index (χ0v) is 26.9. The molecule has 5 rings (SSSR count). The average molecular weight is 644 g/mol. The molecule has 3 aromatic carbocycles. The van der Waals surface area contributed by atoms with Gasteiger partial charge in [0.25, 0.3) is 0 Å². The summed E-state index contributed by atoms with van der Waals surface area (Å²) in [6.45, 7) is 5.12. The van der Waals surface area contributed by atoms with Gasteiger partial charge in [-0.15, -0.1) is 9.46 Å². The molecule has 0 bridgehead atoms. The number of nitrogens with one attached hydrogen (secondary N) is 1. The van der Waals surface area contributed by atoms with E-state index in [0.29, 0.717) is 27.9 Å². The maximum absolute atomic E-state index is 13.2. The number of carbonyl (C=O) groups excluding carboxylic acids is 2. The van der Waals surface area contributed by atoms with Gasteiger partial charge >= 0.3 is 6.09 Å². The van der Waals surface area contributed by atoms with E-state index in [4.69, 9.17) is 9.47 Å². The third-order valence-electron chi connectivity index (χ3n) is 6.83. The van der Waals surface area contributed by atoms with Gasteiger partial charge in [-0.1, -0.05) is 36.4 Å². The molecule has 10 nitrogen and oxygen atoms in total. The number of fused-ring (bicyclic) bond motifs is 1. The number of aromatic nitrogens is 3. The number of anilines is 2. The molecule has 238 valence electrons. The molecule has 12 heteroatoms. The molecule has 1 N–H and O–H groups in total. The fourth-order valence-electron chi connectivity index (χ4n) is 4.65. The molecular formula is C34H34FN5O5S. The quantitative estimate of drug-likeness (QED) is 0.182. The number of carbonyl (C=O) groups is 2. The topological polar surface area (TPSA) is 124 Å². The Labute approximate surface area is 266 Å². The van der Waals surface area contributed by atoms with Crippen molar-refractivity contribution in [2.24, 2.45) is 4.36 Å². The zero-order valence-electron chi connectivity index (χ0n) is 26.1. The van der Waals surface area contributed by atoms with Gasteiger partial charge in [0.2, 0.25) is 5.95 Å². The van der Waals surface area contributed by atoms with Crippen molar-refractivity contribution in [2.45, 2.75) is 44.1 Å². The highest BCUT2D eigenvalue weighted by Crippen LogP contribution is 2.31. The maximum atomic E-state index is 13.2. The fourth-order valence-corrected chi connectivity index (χ4v) is 5.72. The Morgan fingerprint density at radius 2 is 1.57 bits per heavy atom. The number of rotatable bonds is 9. The van der Waals surface area contributed by atoms with E-state index in [0.717, 1.165) is 22.3 Å². The largest absolute Gasteiger partial charge is 0.495 e. The Morgan fingerprint density at radius 3 is 2.20 bits per heavy atom. The predicted molar refractivity (Wildman–Crippen MR) is 175 cm³/mol. The Balaban J connectivity index is 1.28. The first kappa shape index (κ1) is 32.3. The van der Waals surface area contributed by atoms with Gasteiger partial charge in [0.1, 0.15) is 23.0 Å². The number of halogens is 1. The summed E-state index contributed by atoms with van der Waals surface area (Å²) in [6, 6.07) is 22.3. The average Bonchev–Trinajstić information content (AvgIpc) is 3.39. The Hall–Kier alpha value is -5.10. The summed E-state index contributed by atoms with van der Waals surface area (Å²) in [5.74, 6) is 0.402. The third-order valence-corrected chi connectivity index (χ3v) is 8.46. The van der Waals surface area contributed by atoms with Gasteiger partial charge < -0.3 is 14.8 Å². The molecule has 1 atom stereocenters. The number of amides is 1. The van der Waals surface area contributed by atoms with E-state index in [1.807, 2.05) is 42.6 Å². The number of hydrogen-bond acceptors (Lipinski definition) is 8. The molecule has 0 aliphatic carbocycles. The van der Waals surface area contributed by atoms with Crippen LogP contribution in [-0.4, -0.2) is 49.7 Å². The first-order valence-electron chi connectivity index (χ1n) is 14.4. The second kappa shape index (κ2) is 13.1. The van der Waals surface area contributed by atoms with Crippen LogP contribution in [0, 0.1) is 5.82 Å². The van der Waals surface area contributed by atoms with Crippen LogP contribution in [0.5, 0.6) is 5.75 Å². The van der Waals surface area contributed by atoms with E-state index in [2.05, 4.69) is 19.8 Å². The summed E-state index contributed by atoms with van der Waals surface area (Å²) < 4.78 is 42.5. The molecular weight excluding hydrogens is 609 g/mol. The fraction of sp³-hybridized carbons (Fsp3) is 0.235. The van der Waals surface area contributed by atoms with Crippen LogP contribution in [0.4, 0.5) is 20.8 Å². The van der Waals surface area contributed by atoms with Crippen molar-refractivity contribution in [3.05, 3.63) is 102 Å². The van der Waals surface area contributed by atoms with E-state index in [1.54, 1.807) is 55.6 Å². The predicted octanol–water partition coefficient (Wildman–Crippen LogP) is 7.03. The smallest absolute Gasteiger partial charge is 0.442 e. The van der Waals surface area contributed by atoms with Crippen molar-refractivity contribution in [3.63, 3.8) is 0 Å². The summed E-state index contributed by atoms with van der Waals surface area (Å²) >= 11 is 0. The van der Waals surface area contributed by atoms with Crippen molar-refractivity contribution in [3.8, 4) is 16.9 Å². The van der Waals surface area contributed by atoms with E-state index < -0.39 is 21.4 Å². The van der Waals surface area contributed by atoms with Crippen LogP contribution in [0.25, 0.3) is 16.8 Å². The molecule has 1 amide bonds. The number of ether oxygens (including phenoxy) is 2. The highest BCUT2D eigenvalue weighted by Gasteiger charge is 2.19. The first-order chi connectivity index (χ1) is 21.8. The number of pyridine rings is 1. The molecule has 0 saturated carbocycles. The second-order valence-electron chi connectivity index (χ2n) is 11.7. The Bertz CT molecular complexity index is 2030. The van der Waals surface area contributed by atoms with Crippen LogP contribution < -0.4 is 10.1 Å².